The molecule has 1 aliphatic carbocycles. The van der Waals surface area contributed by atoms with Gasteiger partial charge in [0.05, 0.1) is 0 Å². The van der Waals surface area contributed by atoms with Gasteiger partial charge in [-0.15, -0.1) is 0 Å². The molecule has 0 unspecified atom stereocenters. The van der Waals surface area contributed by atoms with Crippen molar-refractivity contribution >= 4 is 19.4 Å². The summed E-state index contributed by atoms with van der Waals surface area (Å²) in [5, 5.41) is 0. The van der Waals surface area contributed by atoms with E-state index in [0.29, 0.717) is 0 Å². The summed E-state index contributed by atoms with van der Waals surface area (Å²) in [5.41, 5.74) is 10.1. The quantitative estimate of drug-likeness (QED) is 0.547. The maximum atomic E-state index is 6.98. The summed E-state index contributed by atoms with van der Waals surface area (Å²) in [4.78, 5) is 0. The van der Waals surface area contributed by atoms with E-state index in [1.165, 1.54) is 4.17 Å². The molecule has 0 aromatic heterocycles. The average Bonchev–Trinajstić information content (AvgIpc) is 1.97. The monoisotopic (exact) mass is 312 g/mol. The van der Waals surface area contributed by atoms with Gasteiger partial charge in [-0.3, -0.25) is 0 Å². The molecular weight excluding hydrogens is 292 g/mol. The summed E-state index contributed by atoms with van der Waals surface area (Å²) < 4.78 is 1.17. The third-order valence-electron chi connectivity index (χ3n) is 2.02. The maximum absolute atomic E-state index is 6.98. The van der Waals surface area contributed by atoms with Gasteiger partial charge in [-0.1, -0.05) is 0 Å². The van der Waals surface area contributed by atoms with Crippen molar-refractivity contribution < 1.29 is 8.09 Å². The molecule has 1 rings (SSSR count). The van der Waals surface area contributed by atoms with Crippen LogP contribution in [-0.2, 0) is 8.09 Å². The first-order valence-electron chi connectivity index (χ1n) is 3.93. The van der Waals surface area contributed by atoms with E-state index in [1.54, 1.807) is 0 Å². The van der Waals surface area contributed by atoms with Crippen molar-refractivity contribution in [2.45, 2.75) is 34.0 Å². The molecule has 13 heavy (non-hydrogen) atoms. The molecule has 0 atom stereocenters. The first-order valence-corrected chi connectivity index (χ1v) is 18.0. The summed E-state index contributed by atoms with van der Waals surface area (Å²) in [5.74, 6) is 0. The Morgan fingerprint density at radius 2 is 1.54 bits per heavy atom. The van der Waals surface area contributed by atoms with E-state index in [2.05, 4.69) is 12.2 Å². The Morgan fingerprint density at radius 1 is 1.08 bits per heavy atom. The predicted octanol–water partition coefficient (Wildman–Crippen LogP) is 5.68. The SMILES string of the molecule is [CH3][Ru]([CH3])([CH3])([CH3])([CH3])([Cl])([Cl])[C]1=CC=CC1. The Labute approximate surface area is 83.6 Å². The van der Waals surface area contributed by atoms with Crippen molar-refractivity contribution in [3.8, 4) is 0 Å². The minimum atomic E-state index is -4.66. The van der Waals surface area contributed by atoms with E-state index < -0.39 is 8.09 Å². The Balaban J connectivity index is 3.65. The Hall–Kier alpha value is 0.683. The molecule has 0 amide bonds. The van der Waals surface area contributed by atoms with Gasteiger partial charge in [-0.2, -0.15) is 0 Å². The fraction of sp³-hybridized carbons (Fsp3) is 0.600. The molecule has 3 heteroatoms. The summed E-state index contributed by atoms with van der Waals surface area (Å²) in [6.45, 7) is 0. The predicted molar refractivity (Wildman–Crippen MR) is 62.9 cm³/mol. The van der Waals surface area contributed by atoms with Crippen LogP contribution in [0.25, 0.3) is 0 Å². The number of hydrogen-bond donors (Lipinski definition) is 0. The van der Waals surface area contributed by atoms with Gasteiger partial charge in [0.2, 0.25) is 0 Å². The van der Waals surface area contributed by atoms with Crippen LogP contribution in [0.15, 0.2) is 22.4 Å². The standard InChI is InChI=1S/C5H5.5CH3.2ClH.Ru/c1-2-4-5-3-1;;;;;;;;/h1-3H,4H2;5*1H3;2*1H;/q;;;;;;;;+2/p-2. The number of rotatable bonds is 1. The third kappa shape index (κ3) is 3.08. The zero-order valence-corrected chi connectivity index (χ0v) is 12.3. The molecule has 0 heterocycles. The minimum absolute atomic E-state index is 0.875. The molecule has 0 saturated heterocycles. The van der Waals surface area contributed by atoms with Gasteiger partial charge in [0, 0.05) is 0 Å². The van der Waals surface area contributed by atoms with Gasteiger partial charge in [0.1, 0.15) is 0 Å². The summed E-state index contributed by atoms with van der Waals surface area (Å²) >= 11 is 0. The van der Waals surface area contributed by atoms with E-state index in [9.17, 15) is 0 Å². The molecule has 0 fully saturated rings. The first-order chi connectivity index (χ1) is 5.00. The number of hydrogen-bond acceptors (Lipinski definition) is 0. The van der Waals surface area contributed by atoms with Crippen LogP contribution in [0.1, 0.15) is 6.42 Å². The van der Waals surface area contributed by atoms with E-state index in [0.717, 1.165) is 6.42 Å². The van der Waals surface area contributed by atoms with Gasteiger partial charge in [-0.05, 0) is 0 Å². The zero-order valence-electron chi connectivity index (χ0n) is 9.05. The molecule has 0 saturated carbocycles. The molecule has 0 spiro atoms. The fourth-order valence-corrected chi connectivity index (χ4v) is 6.42. The second-order valence-electron chi connectivity index (χ2n) is 7.17. The number of allylic oxidation sites excluding steroid dienone is 4. The van der Waals surface area contributed by atoms with Crippen LogP contribution in [0.5, 0.6) is 0 Å². The third-order valence-corrected chi connectivity index (χ3v) is 11.1. The molecule has 0 aromatic carbocycles. The molecular formula is C10H20Cl2Ru. The van der Waals surface area contributed by atoms with E-state index in [1.807, 2.05) is 33.7 Å². The van der Waals surface area contributed by atoms with Gasteiger partial charge >= 0.3 is 83.9 Å². The second kappa shape index (κ2) is 1.36. The van der Waals surface area contributed by atoms with Crippen LogP contribution < -0.4 is 0 Å². The Kier molecular flexibility index (Phi) is 1.23. The van der Waals surface area contributed by atoms with Gasteiger partial charge in [0.15, 0.2) is 0 Å². The molecule has 0 bridgehead atoms. The first kappa shape index (κ1) is 11.8. The van der Waals surface area contributed by atoms with Crippen LogP contribution in [-0.4, -0.2) is 0 Å². The van der Waals surface area contributed by atoms with Crippen molar-refractivity contribution in [1.29, 1.82) is 0 Å². The van der Waals surface area contributed by atoms with Crippen molar-refractivity contribution in [2.75, 3.05) is 0 Å². The topological polar surface area (TPSA) is 0 Å². The zero-order chi connectivity index (χ0) is 10.8. The van der Waals surface area contributed by atoms with Crippen molar-refractivity contribution in [3.05, 3.63) is 22.4 Å². The average molecular weight is 312 g/mol. The van der Waals surface area contributed by atoms with Gasteiger partial charge < -0.3 is 0 Å². The fourth-order valence-electron chi connectivity index (χ4n) is 1.17. The van der Waals surface area contributed by atoms with E-state index in [4.69, 9.17) is 19.4 Å². The molecule has 1 aliphatic rings. The molecule has 0 N–H and O–H groups in total. The molecule has 0 aromatic rings. The van der Waals surface area contributed by atoms with Crippen LogP contribution in [0.2, 0.25) is 27.6 Å². The van der Waals surface area contributed by atoms with E-state index >= 15 is 0 Å². The van der Waals surface area contributed by atoms with Crippen LogP contribution in [0.3, 0.4) is 0 Å². The summed E-state index contributed by atoms with van der Waals surface area (Å²) in [7, 11) is 9.30. The van der Waals surface area contributed by atoms with Crippen LogP contribution >= 0.6 is 19.4 Å². The second-order valence-corrected chi connectivity index (χ2v) is 57.3. The molecule has 82 valence electrons. The van der Waals surface area contributed by atoms with Crippen molar-refractivity contribution in [3.63, 3.8) is 0 Å². The van der Waals surface area contributed by atoms with E-state index in [-0.39, 0.29) is 0 Å². The van der Waals surface area contributed by atoms with Gasteiger partial charge in [0.25, 0.3) is 0 Å². The van der Waals surface area contributed by atoms with Gasteiger partial charge in [-0.25, -0.2) is 0 Å². The van der Waals surface area contributed by atoms with Crippen LogP contribution in [0, 0.1) is 0 Å². The van der Waals surface area contributed by atoms with Crippen molar-refractivity contribution in [1.82, 2.24) is 0 Å². The summed E-state index contributed by atoms with van der Waals surface area (Å²) in [6.07, 6.45) is 7.07. The number of halogens is 2. The molecule has 0 aliphatic heterocycles. The molecule has 0 nitrogen and oxygen atoms in total. The Bertz CT molecular complexity index is 344. The normalized spacial score (nSPS) is 29.6. The van der Waals surface area contributed by atoms with Crippen LogP contribution in [0.4, 0.5) is 0 Å². The Morgan fingerprint density at radius 3 is 1.69 bits per heavy atom. The summed E-state index contributed by atoms with van der Waals surface area (Å²) in [6, 6.07) is 0. The molecule has 0 radical (unpaired) electrons. The van der Waals surface area contributed by atoms with Crippen molar-refractivity contribution in [2.24, 2.45) is 0 Å².